The van der Waals surface area contributed by atoms with Crippen molar-refractivity contribution in [3.63, 3.8) is 0 Å². The molecule has 2 aromatic carbocycles. The molecule has 0 saturated heterocycles. The molecule has 3 aromatic rings. The van der Waals surface area contributed by atoms with E-state index in [-0.39, 0.29) is 0 Å². The van der Waals surface area contributed by atoms with Gasteiger partial charge in [-0.15, -0.1) is 10.2 Å². The van der Waals surface area contributed by atoms with Crippen molar-refractivity contribution in [2.24, 2.45) is 0 Å². The zero-order valence-electron chi connectivity index (χ0n) is 13.6. The number of hydrogen-bond acceptors (Lipinski definition) is 6. The predicted octanol–water partition coefficient (Wildman–Crippen LogP) is 4.09. The molecule has 0 amide bonds. The molecule has 0 atom stereocenters. The molecule has 0 unspecified atom stereocenters. The normalized spacial score (nSPS) is 10.6. The first-order valence-corrected chi connectivity index (χ1v) is 8.50. The van der Waals surface area contributed by atoms with Gasteiger partial charge in [0, 0.05) is 17.4 Å². The van der Waals surface area contributed by atoms with Gasteiger partial charge in [0.05, 0.1) is 14.2 Å². The van der Waals surface area contributed by atoms with Crippen LogP contribution in [-0.4, -0.2) is 30.2 Å². The second-order valence-corrected chi connectivity index (χ2v) is 6.10. The lowest BCUT2D eigenvalue weighted by Crippen LogP contribution is -1.88. The minimum absolute atomic E-state index is 0.453. The number of benzene rings is 2. The van der Waals surface area contributed by atoms with Gasteiger partial charge in [0.15, 0.2) is 0 Å². The first kappa shape index (κ1) is 16.4. The average molecular weight is 342 g/mol. The summed E-state index contributed by atoms with van der Waals surface area (Å²) in [5, 5.41) is 8.77. The Hall–Kier alpha value is -2.47. The lowest BCUT2D eigenvalue weighted by Gasteiger charge is -2.05. The molecule has 6 heteroatoms. The van der Waals surface area contributed by atoms with E-state index in [1.165, 1.54) is 5.56 Å². The van der Waals surface area contributed by atoms with Crippen LogP contribution in [0.4, 0.5) is 0 Å². The predicted molar refractivity (Wildman–Crippen MR) is 93.7 cm³/mol. The van der Waals surface area contributed by atoms with Crippen LogP contribution < -0.4 is 9.47 Å². The molecule has 1 heterocycles. The largest absolute Gasteiger partial charge is 0.497 e. The van der Waals surface area contributed by atoms with Crippen molar-refractivity contribution >= 4 is 11.8 Å². The fourth-order valence-electron chi connectivity index (χ4n) is 2.22. The van der Waals surface area contributed by atoms with Crippen LogP contribution in [-0.2, 0) is 6.42 Å². The molecule has 1 aromatic heterocycles. The Kier molecular flexibility index (Phi) is 5.38. The molecule has 0 saturated carbocycles. The second-order valence-electron chi connectivity index (χ2n) is 5.06. The topological polar surface area (TPSA) is 57.4 Å². The fourth-order valence-corrected chi connectivity index (χ4v) is 2.97. The molecule has 3 rings (SSSR count). The summed E-state index contributed by atoms with van der Waals surface area (Å²) in [5.74, 6) is 2.70. The van der Waals surface area contributed by atoms with Gasteiger partial charge in [0.1, 0.15) is 11.5 Å². The standard InChI is InChI=1S/C18H18N2O3S/c1-21-15-10-14(11-16(12-15)22-2)17-19-20-18(23-17)24-9-8-13-6-4-3-5-7-13/h3-7,10-12H,8-9H2,1-2H3. The van der Waals surface area contributed by atoms with Crippen molar-refractivity contribution in [1.82, 2.24) is 10.2 Å². The quantitative estimate of drug-likeness (QED) is 0.603. The molecule has 0 bridgehead atoms. The Labute approximate surface area is 145 Å². The number of aryl methyl sites for hydroxylation is 1. The van der Waals surface area contributed by atoms with Gasteiger partial charge in [-0.2, -0.15) is 0 Å². The Bertz CT molecular complexity index is 768. The Balaban J connectivity index is 1.67. The Morgan fingerprint density at radius 1 is 0.958 bits per heavy atom. The van der Waals surface area contributed by atoms with Gasteiger partial charge in [0.25, 0.3) is 5.22 Å². The molecular formula is C18H18N2O3S. The van der Waals surface area contributed by atoms with Crippen LogP contribution in [0.1, 0.15) is 5.56 Å². The number of ether oxygens (including phenoxy) is 2. The minimum atomic E-state index is 0.453. The van der Waals surface area contributed by atoms with Crippen molar-refractivity contribution in [1.29, 1.82) is 0 Å². The smallest absolute Gasteiger partial charge is 0.276 e. The van der Waals surface area contributed by atoms with E-state index in [9.17, 15) is 0 Å². The van der Waals surface area contributed by atoms with Crippen LogP contribution >= 0.6 is 11.8 Å². The van der Waals surface area contributed by atoms with E-state index in [1.807, 2.05) is 30.3 Å². The van der Waals surface area contributed by atoms with Gasteiger partial charge in [-0.1, -0.05) is 42.1 Å². The molecule has 0 N–H and O–H groups in total. The summed E-state index contributed by atoms with van der Waals surface area (Å²) in [6.07, 6.45) is 0.955. The van der Waals surface area contributed by atoms with E-state index in [0.717, 1.165) is 17.7 Å². The summed E-state index contributed by atoms with van der Waals surface area (Å²) in [6, 6.07) is 15.8. The zero-order chi connectivity index (χ0) is 16.8. The maximum Gasteiger partial charge on any atom is 0.276 e. The first-order chi connectivity index (χ1) is 11.8. The minimum Gasteiger partial charge on any atom is -0.497 e. The number of methoxy groups -OCH3 is 2. The average Bonchev–Trinajstić information content (AvgIpc) is 3.11. The first-order valence-electron chi connectivity index (χ1n) is 7.52. The highest BCUT2D eigenvalue weighted by atomic mass is 32.2. The number of hydrogen-bond donors (Lipinski definition) is 0. The Morgan fingerprint density at radius 2 is 1.67 bits per heavy atom. The van der Waals surface area contributed by atoms with Gasteiger partial charge in [-0.25, -0.2) is 0 Å². The highest BCUT2D eigenvalue weighted by Gasteiger charge is 2.12. The lowest BCUT2D eigenvalue weighted by molar-refractivity contribution is 0.394. The summed E-state index contributed by atoms with van der Waals surface area (Å²) >= 11 is 1.55. The third-order valence-electron chi connectivity index (χ3n) is 3.46. The van der Waals surface area contributed by atoms with Crippen molar-refractivity contribution < 1.29 is 13.9 Å². The summed E-state index contributed by atoms with van der Waals surface area (Å²) in [6.45, 7) is 0. The summed E-state index contributed by atoms with van der Waals surface area (Å²) in [5.41, 5.74) is 2.07. The number of thioether (sulfide) groups is 1. The van der Waals surface area contributed by atoms with E-state index < -0.39 is 0 Å². The molecule has 0 radical (unpaired) electrons. The zero-order valence-corrected chi connectivity index (χ0v) is 14.4. The van der Waals surface area contributed by atoms with Crippen LogP contribution in [0, 0.1) is 0 Å². The maximum atomic E-state index is 5.74. The fraction of sp³-hybridized carbons (Fsp3) is 0.222. The summed E-state index contributed by atoms with van der Waals surface area (Å²) in [4.78, 5) is 0. The van der Waals surface area contributed by atoms with Crippen molar-refractivity contribution in [2.75, 3.05) is 20.0 Å². The highest BCUT2D eigenvalue weighted by Crippen LogP contribution is 2.30. The molecule has 24 heavy (non-hydrogen) atoms. The van der Waals surface area contributed by atoms with E-state index in [1.54, 1.807) is 32.0 Å². The molecule has 0 spiro atoms. The van der Waals surface area contributed by atoms with Gasteiger partial charge in [0.2, 0.25) is 5.89 Å². The van der Waals surface area contributed by atoms with E-state index >= 15 is 0 Å². The monoisotopic (exact) mass is 342 g/mol. The molecule has 0 fully saturated rings. The Morgan fingerprint density at radius 3 is 2.33 bits per heavy atom. The van der Waals surface area contributed by atoms with Gasteiger partial charge < -0.3 is 13.9 Å². The van der Waals surface area contributed by atoms with Crippen LogP contribution in [0.5, 0.6) is 11.5 Å². The molecular weight excluding hydrogens is 324 g/mol. The van der Waals surface area contributed by atoms with Crippen molar-refractivity contribution in [3.8, 4) is 23.0 Å². The molecule has 0 aliphatic carbocycles. The molecule has 124 valence electrons. The number of nitrogens with zero attached hydrogens (tertiary/aromatic N) is 2. The van der Waals surface area contributed by atoms with E-state index in [2.05, 4.69) is 22.3 Å². The highest BCUT2D eigenvalue weighted by molar-refractivity contribution is 7.99. The van der Waals surface area contributed by atoms with Crippen molar-refractivity contribution in [2.45, 2.75) is 11.6 Å². The SMILES string of the molecule is COc1cc(OC)cc(-c2nnc(SCCc3ccccc3)o2)c1. The van der Waals surface area contributed by atoms with Crippen molar-refractivity contribution in [3.05, 3.63) is 54.1 Å². The third-order valence-corrected chi connectivity index (χ3v) is 4.28. The van der Waals surface area contributed by atoms with Gasteiger partial charge in [-0.3, -0.25) is 0 Å². The van der Waals surface area contributed by atoms with Crippen LogP contribution in [0.3, 0.4) is 0 Å². The summed E-state index contributed by atoms with van der Waals surface area (Å²) in [7, 11) is 3.22. The number of aromatic nitrogens is 2. The lowest BCUT2D eigenvalue weighted by atomic mass is 10.2. The van der Waals surface area contributed by atoms with E-state index in [0.29, 0.717) is 22.6 Å². The molecule has 0 aliphatic rings. The van der Waals surface area contributed by atoms with Crippen LogP contribution in [0.2, 0.25) is 0 Å². The summed E-state index contributed by atoms with van der Waals surface area (Å²) < 4.78 is 16.3. The molecule has 5 nitrogen and oxygen atoms in total. The maximum absolute atomic E-state index is 5.74. The van der Waals surface area contributed by atoms with E-state index in [4.69, 9.17) is 13.9 Å². The number of rotatable bonds is 7. The third kappa shape index (κ3) is 4.08. The van der Waals surface area contributed by atoms with Gasteiger partial charge in [-0.05, 0) is 24.1 Å². The second kappa shape index (κ2) is 7.88. The van der Waals surface area contributed by atoms with Gasteiger partial charge >= 0.3 is 0 Å². The van der Waals surface area contributed by atoms with Crippen LogP contribution in [0.15, 0.2) is 58.2 Å². The molecule has 0 aliphatic heterocycles. The van der Waals surface area contributed by atoms with Crippen LogP contribution in [0.25, 0.3) is 11.5 Å².